The molecular formula is C26H33ClO7. The first kappa shape index (κ1) is 25.4. The van der Waals surface area contributed by atoms with Crippen LogP contribution in [0.3, 0.4) is 0 Å². The number of hydrogen-bond acceptors (Lipinski definition) is 7. The minimum atomic E-state index is -1.12. The average molecular weight is 493 g/mol. The van der Waals surface area contributed by atoms with Crippen molar-refractivity contribution in [3.8, 4) is 5.75 Å². The third-order valence-electron chi connectivity index (χ3n) is 6.29. The van der Waals surface area contributed by atoms with Crippen LogP contribution in [-0.2, 0) is 20.6 Å². The molecule has 2 saturated heterocycles. The van der Waals surface area contributed by atoms with Gasteiger partial charge in [0.05, 0.1) is 19.8 Å². The fourth-order valence-corrected chi connectivity index (χ4v) is 4.61. The topological polar surface area (TPSA) is 97.6 Å². The quantitative estimate of drug-likeness (QED) is 0.495. The lowest BCUT2D eigenvalue weighted by atomic mass is 9.90. The predicted molar refractivity (Wildman–Crippen MR) is 127 cm³/mol. The normalized spacial score (nSPS) is 29.3. The fourth-order valence-electron chi connectivity index (χ4n) is 4.42. The molecule has 4 rings (SSSR count). The second kappa shape index (κ2) is 11.8. The van der Waals surface area contributed by atoms with Crippen molar-refractivity contribution in [1.82, 2.24) is 0 Å². The summed E-state index contributed by atoms with van der Waals surface area (Å²) in [6, 6.07) is 13.4. The lowest BCUT2D eigenvalue weighted by Gasteiger charge is -2.42. The van der Waals surface area contributed by atoms with Gasteiger partial charge in [0.1, 0.15) is 42.4 Å². The smallest absolute Gasteiger partial charge is 0.124 e. The van der Waals surface area contributed by atoms with E-state index in [1.807, 2.05) is 37.3 Å². The maximum atomic E-state index is 10.9. The van der Waals surface area contributed by atoms with E-state index in [4.69, 9.17) is 30.5 Å². The van der Waals surface area contributed by atoms with Crippen LogP contribution in [0.25, 0.3) is 0 Å². The van der Waals surface area contributed by atoms with E-state index in [0.717, 1.165) is 36.3 Å². The first-order chi connectivity index (χ1) is 16.5. The van der Waals surface area contributed by atoms with E-state index in [1.165, 1.54) is 0 Å². The van der Waals surface area contributed by atoms with Gasteiger partial charge in [0, 0.05) is 18.1 Å². The standard InChI is InChI=1S/C26H33ClO7/c1-2-10-32-26-23(29)22(14-28)34-25(24(26)30)17-5-8-21(27)18(13-17)12-16-3-6-19(7-4-16)33-20-9-11-31-15-20/h3-8,13,20,22-26,28-30H,2,9-12,14-15H2,1H3/t20-,22-,23-,24+,25?,26+/m1/s1. The number of halogens is 1. The number of hydrogen-bond donors (Lipinski definition) is 3. The minimum Gasteiger partial charge on any atom is -0.488 e. The van der Waals surface area contributed by atoms with E-state index in [0.29, 0.717) is 30.2 Å². The Kier molecular flexibility index (Phi) is 8.82. The van der Waals surface area contributed by atoms with Crippen LogP contribution in [0.4, 0.5) is 0 Å². The second-order valence-corrected chi connectivity index (χ2v) is 9.28. The molecule has 6 atom stereocenters. The Hall–Kier alpha value is -1.71. The molecule has 0 amide bonds. The zero-order chi connectivity index (χ0) is 24.1. The molecule has 2 aromatic rings. The Bertz CT molecular complexity index is 916. The first-order valence-electron chi connectivity index (χ1n) is 11.9. The summed E-state index contributed by atoms with van der Waals surface area (Å²) in [7, 11) is 0. The van der Waals surface area contributed by atoms with Gasteiger partial charge >= 0.3 is 0 Å². The highest BCUT2D eigenvalue weighted by Gasteiger charge is 2.45. The Labute approximate surface area is 205 Å². The van der Waals surface area contributed by atoms with E-state index in [-0.39, 0.29) is 12.7 Å². The number of aliphatic hydroxyl groups excluding tert-OH is 3. The molecule has 0 aromatic heterocycles. The molecule has 0 radical (unpaired) electrons. The van der Waals surface area contributed by atoms with Crippen molar-refractivity contribution in [2.75, 3.05) is 26.4 Å². The minimum absolute atomic E-state index is 0.102. The van der Waals surface area contributed by atoms with Gasteiger partial charge in [-0.3, -0.25) is 0 Å². The molecule has 2 aliphatic heterocycles. The largest absolute Gasteiger partial charge is 0.488 e. The first-order valence-corrected chi connectivity index (χ1v) is 12.2. The van der Waals surface area contributed by atoms with Crippen molar-refractivity contribution in [2.24, 2.45) is 0 Å². The predicted octanol–water partition coefficient (Wildman–Crippen LogP) is 3.05. The van der Waals surface area contributed by atoms with Crippen molar-refractivity contribution < 1.29 is 34.3 Å². The monoisotopic (exact) mass is 492 g/mol. The molecule has 7 nitrogen and oxygen atoms in total. The lowest BCUT2D eigenvalue weighted by molar-refractivity contribution is -0.244. The maximum Gasteiger partial charge on any atom is 0.124 e. The molecule has 0 bridgehead atoms. The third kappa shape index (κ3) is 5.91. The zero-order valence-electron chi connectivity index (χ0n) is 19.3. The van der Waals surface area contributed by atoms with E-state index in [1.54, 1.807) is 12.1 Å². The summed E-state index contributed by atoms with van der Waals surface area (Å²) >= 11 is 6.50. The SMILES string of the molecule is CCCO[C@H]1[C@H](O)[C@@H](CO)OC(c2ccc(Cl)c(Cc3ccc(O[C@@H]4CCOC4)cc3)c2)[C@@H]1O. The Morgan fingerprint density at radius 3 is 2.56 bits per heavy atom. The lowest BCUT2D eigenvalue weighted by Crippen LogP contribution is -2.56. The Morgan fingerprint density at radius 2 is 1.88 bits per heavy atom. The second-order valence-electron chi connectivity index (χ2n) is 8.87. The molecule has 0 saturated carbocycles. The van der Waals surface area contributed by atoms with E-state index in [2.05, 4.69) is 0 Å². The summed E-state index contributed by atoms with van der Waals surface area (Å²) in [5.41, 5.74) is 2.65. The van der Waals surface area contributed by atoms with E-state index >= 15 is 0 Å². The van der Waals surface area contributed by atoms with Crippen molar-refractivity contribution in [3.63, 3.8) is 0 Å². The van der Waals surface area contributed by atoms with Gasteiger partial charge in [-0.05, 0) is 47.7 Å². The van der Waals surface area contributed by atoms with Crippen LogP contribution in [0.15, 0.2) is 42.5 Å². The van der Waals surface area contributed by atoms with Gasteiger partial charge in [-0.2, -0.15) is 0 Å². The summed E-state index contributed by atoms with van der Waals surface area (Å²) < 4.78 is 22.9. The highest BCUT2D eigenvalue weighted by atomic mass is 35.5. The molecule has 34 heavy (non-hydrogen) atoms. The Balaban J connectivity index is 1.49. The van der Waals surface area contributed by atoms with Gasteiger partial charge in [-0.25, -0.2) is 0 Å². The van der Waals surface area contributed by atoms with Gasteiger partial charge < -0.3 is 34.3 Å². The number of aliphatic hydroxyl groups is 3. The van der Waals surface area contributed by atoms with Crippen LogP contribution < -0.4 is 4.74 Å². The summed E-state index contributed by atoms with van der Waals surface area (Å²) in [6.07, 6.45) is -2.34. The van der Waals surface area contributed by atoms with Gasteiger partial charge in [0.25, 0.3) is 0 Å². The molecule has 186 valence electrons. The molecule has 0 spiro atoms. The van der Waals surface area contributed by atoms with Crippen molar-refractivity contribution in [3.05, 3.63) is 64.2 Å². The Morgan fingerprint density at radius 1 is 1.09 bits per heavy atom. The molecule has 8 heteroatoms. The van der Waals surface area contributed by atoms with Crippen molar-refractivity contribution >= 4 is 11.6 Å². The highest BCUT2D eigenvalue weighted by molar-refractivity contribution is 6.31. The maximum absolute atomic E-state index is 10.9. The van der Waals surface area contributed by atoms with Crippen LogP contribution in [0, 0.1) is 0 Å². The number of rotatable bonds is 9. The zero-order valence-corrected chi connectivity index (χ0v) is 20.1. The number of ether oxygens (including phenoxy) is 4. The average Bonchev–Trinajstić information content (AvgIpc) is 3.35. The molecule has 2 aromatic carbocycles. The number of benzene rings is 2. The van der Waals surface area contributed by atoms with Gasteiger partial charge in [0.2, 0.25) is 0 Å². The summed E-state index contributed by atoms with van der Waals surface area (Å²) in [5, 5.41) is 31.7. The molecule has 0 aliphatic carbocycles. The third-order valence-corrected chi connectivity index (χ3v) is 6.66. The highest BCUT2D eigenvalue weighted by Crippen LogP contribution is 2.35. The van der Waals surface area contributed by atoms with E-state index < -0.39 is 30.5 Å². The molecule has 1 unspecified atom stereocenters. The van der Waals surface area contributed by atoms with Crippen LogP contribution in [0.2, 0.25) is 5.02 Å². The van der Waals surface area contributed by atoms with Crippen molar-refractivity contribution in [2.45, 2.75) is 62.8 Å². The van der Waals surface area contributed by atoms with Crippen molar-refractivity contribution in [1.29, 1.82) is 0 Å². The van der Waals surface area contributed by atoms with Crippen LogP contribution >= 0.6 is 11.6 Å². The summed E-state index contributed by atoms with van der Waals surface area (Å²) in [6.45, 7) is 3.33. The summed E-state index contributed by atoms with van der Waals surface area (Å²) in [4.78, 5) is 0. The molecule has 2 heterocycles. The van der Waals surface area contributed by atoms with Gasteiger partial charge in [-0.15, -0.1) is 0 Å². The summed E-state index contributed by atoms with van der Waals surface area (Å²) in [5.74, 6) is 0.810. The molecule has 2 aliphatic rings. The molecular weight excluding hydrogens is 460 g/mol. The fraction of sp³-hybridized carbons (Fsp3) is 0.538. The van der Waals surface area contributed by atoms with Crippen LogP contribution in [0.1, 0.15) is 42.6 Å². The van der Waals surface area contributed by atoms with Gasteiger partial charge in [-0.1, -0.05) is 42.8 Å². The van der Waals surface area contributed by atoms with Crippen LogP contribution in [0.5, 0.6) is 5.75 Å². The van der Waals surface area contributed by atoms with E-state index in [9.17, 15) is 15.3 Å². The molecule has 3 N–H and O–H groups in total. The van der Waals surface area contributed by atoms with Gasteiger partial charge in [0.15, 0.2) is 0 Å². The van der Waals surface area contributed by atoms with Crippen LogP contribution in [-0.4, -0.2) is 72.3 Å². The molecule has 2 fully saturated rings.